The van der Waals surface area contributed by atoms with Crippen LogP contribution in [0.4, 0.5) is 0 Å². The fraction of sp³-hybridized carbons (Fsp3) is 1.00. The predicted molar refractivity (Wildman–Crippen MR) is 50.7 cm³/mol. The standard InChI is InChI=1S/C10H19NO2/c1-8-5-11-6-10(13-8)4-9-2-3-12-7-9/h8-11H,2-7H2,1H3. The first-order chi connectivity index (χ1) is 6.34. The zero-order valence-corrected chi connectivity index (χ0v) is 8.29. The highest BCUT2D eigenvalue weighted by Crippen LogP contribution is 2.20. The topological polar surface area (TPSA) is 30.5 Å². The number of ether oxygens (including phenoxy) is 2. The molecule has 2 rings (SSSR count). The Morgan fingerprint density at radius 1 is 1.38 bits per heavy atom. The van der Waals surface area contributed by atoms with E-state index in [4.69, 9.17) is 9.47 Å². The summed E-state index contributed by atoms with van der Waals surface area (Å²) < 4.78 is 11.2. The molecule has 0 aromatic rings. The van der Waals surface area contributed by atoms with Crippen LogP contribution in [0.5, 0.6) is 0 Å². The van der Waals surface area contributed by atoms with E-state index in [1.165, 1.54) is 6.42 Å². The van der Waals surface area contributed by atoms with Gasteiger partial charge in [-0.15, -0.1) is 0 Å². The Morgan fingerprint density at radius 2 is 2.31 bits per heavy atom. The van der Waals surface area contributed by atoms with Crippen LogP contribution in [-0.4, -0.2) is 38.5 Å². The van der Waals surface area contributed by atoms with Gasteiger partial charge in [0, 0.05) is 26.3 Å². The van der Waals surface area contributed by atoms with Crippen molar-refractivity contribution in [2.75, 3.05) is 26.3 Å². The average molecular weight is 185 g/mol. The largest absolute Gasteiger partial charge is 0.381 e. The normalized spacial score (nSPS) is 40.8. The minimum Gasteiger partial charge on any atom is -0.381 e. The zero-order chi connectivity index (χ0) is 9.10. The van der Waals surface area contributed by atoms with Gasteiger partial charge in [0.05, 0.1) is 12.2 Å². The molecule has 76 valence electrons. The van der Waals surface area contributed by atoms with Crippen molar-refractivity contribution in [3.05, 3.63) is 0 Å². The minimum atomic E-state index is 0.376. The number of rotatable bonds is 2. The molecule has 2 heterocycles. The van der Waals surface area contributed by atoms with Gasteiger partial charge in [0.25, 0.3) is 0 Å². The summed E-state index contributed by atoms with van der Waals surface area (Å²) in [7, 11) is 0. The monoisotopic (exact) mass is 185 g/mol. The third-order valence-electron chi connectivity index (χ3n) is 2.85. The summed E-state index contributed by atoms with van der Waals surface area (Å²) >= 11 is 0. The van der Waals surface area contributed by atoms with Crippen LogP contribution in [0.2, 0.25) is 0 Å². The van der Waals surface area contributed by atoms with Gasteiger partial charge in [0.15, 0.2) is 0 Å². The average Bonchev–Trinajstić information content (AvgIpc) is 2.57. The van der Waals surface area contributed by atoms with Crippen LogP contribution >= 0.6 is 0 Å². The van der Waals surface area contributed by atoms with Gasteiger partial charge in [-0.1, -0.05) is 0 Å². The fourth-order valence-electron chi connectivity index (χ4n) is 2.15. The maximum atomic E-state index is 5.83. The van der Waals surface area contributed by atoms with Crippen LogP contribution in [0.3, 0.4) is 0 Å². The molecule has 2 fully saturated rings. The summed E-state index contributed by atoms with van der Waals surface area (Å²) in [5, 5.41) is 3.39. The van der Waals surface area contributed by atoms with Crippen LogP contribution in [0.1, 0.15) is 19.8 Å². The molecule has 1 N–H and O–H groups in total. The molecule has 0 spiro atoms. The smallest absolute Gasteiger partial charge is 0.0707 e. The van der Waals surface area contributed by atoms with Gasteiger partial charge >= 0.3 is 0 Å². The van der Waals surface area contributed by atoms with E-state index >= 15 is 0 Å². The van der Waals surface area contributed by atoms with E-state index in [-0.39, 0.29) is 0 Å². The molecule has 3 atom stereocenters. The Balaban J connectivity index is 1.73. The molecule has 2 aliphatic rings. The molecule has 3 nitrogen and oxygen atoms in total. The number of nitrogens with one attached hydrogen (secondary N) is 1. The molecule has 3 unspecified atom stereocenters. The molecule has 0 aromatic heterocycles. The van der Waals surface area contributed by atoms with Crippen molar-refractivity contribution in [1.29, 1.82) is 0 Å². The molecular formula is C10H19NO2. The highest BCUT2D eigenvalue weighted by atomic mass is 16.5. The van der Waals surface area contributed by atoms with Crippen molar-refractivity contribution >= 4 is 0 Å². The van der Waals surface area contributed by atoms with Crippen LogP contribution in [0.15, 0.2) is 0 Å². The molecule has 2 saturated heterocycles. The lowest BCUT2D eigenvalue weighted by Gasteiger charge is -2.30. The van der Waals surface area contributed by atoms with E-state index in [0.29, 0.717) is 12.2 Å². The molecule has 0 radical (unpaired) electrons. The summed E-state index contributed by atoms with van der Waals surface area (Å²) in [6.45, 7) is 6.03. The Bertz CT molecular complexity index is 157. The van der Waals surface area contributed by atoms with Gasteiger partial charge in [-0.25, -0.2) is 0 Å². The summed E-state index contributed by atoms with van der Waals surface area (Å²) in [4.78, 5) is 0. The molecule has 13 heavy (non-hydrogen) atoms. The SMILES string of the molecule is CC1CNCC(CC2CCOC2)O1. The Kier molecular flexibility index (Phi) is 3.19. The van der Waals surface area contributed by atoms with E-state index in [9.17, 15) is 0 Å². The number of hydrogen-bond donors (Lipinski definition) is 1. The Labute approximate surface area is 79.8 Å². The lowest BCUT2D eigenvalue weighted by molar-refractivity contribution is -0.0384. The molecule has 0 saturated carbocycles. The lowest BCUT2D eigenvalue weighted by Crippen LogP contribution is -2.44. The maximum absolute atomic E-state index is 5.83. The van der Waals surface area contributed by atoms with Gasteiger partial charge in [0.1, 0.15) is 0 Å². The van der Waals surface area contributed by atoms with Crippen LogP contribution < -0.4 is 5.32 Å². The van der Waals surface area contributed by atoms with E-state index in [1.54, 1.807) is 0 Å². The highest BCUT2D eigenvalue weighted by molar-refractivity contribution is 4.76. The van der Waals surface area contributed by atoms with Gasteiger partial charge in [-0.05, 0) is 25.7 Å². The molecular weight excluding hydrogens is 166 g/mol. The first-order valence-corrected chi connectivity index (χ1v) is 5.28. The van der Waals surface area contributed by atoms with Crippen LogP contribution in [-0.2, 0) is 9.47 Å². The van der Waals surface area contributed by atoms with Crippen molar-refractivity contribution in [3.8, 4) is 0 Å². The summed E-state index contributed by atoms with van der Waals surface area (Å²) in [6, 6.07) is 0. The summed E-state index contributed by atoms with van der Waals surface area (Å²) in [5.74, 6) is 0.733. The molecule has 0 aromatic carbocycles. The van der Waals surface area contributed by atoms with Gasteiger partial charge < -0.3 is 14.8 Å². The quantitative estimate of drug-likeness (QED) is 0.690. The van der Waals surface area contributed by atoms with E-state index in [1.807, 2.05) is 0 Å². The van der Waals surface area contributed by atoms with Crippen molar-refractivity contribution in [2.45, 2.75) is 32.0 Å². The molecule has 2 aliphatic heterocycles. The van der Waals surface area contributed by atoms with E-state index < -0.39 is 0 Å². The van der Waals surface area contributed by atoms with Crippen molar-refractivity contribution in [1.82, 2.24) is 5.32 Å². The number of hydrogen-bond acceptors (Lipinski definition) is 3. The summed E-state index contributed by atoms with van der Waals surface area (Å²) in [5.41, 5.74) is 0. The summed E-state index contributed by atoms with van der Waals surface area (Å²) in [6.07, 6.45) is 3.17. The Morgan fingerprint density at radius 3 is 3.00 bits per heavy atom. The van der Waals surface area contributed by atoms with Crippen molar-refractivity contribution in [2.24, 2.45) is 5.92 Å². The molecule has 0 bridgehead atoms. The van der Waals surface area contributed by atoms with Crippen LogP contribution in [0, 0.1) is 5.92 Å². The molecule has 3 heteroatoms. The second-order valence-electron chi connectivity index (χ2n) is 4.19. The third-order valence-corrected chi connectivity index (χ3v) is 2.85. The lowest BCUT2D eigenvalue weighted by atomic mass is 10.00. The second kappa shape index (κ2) is 4.40. The zero-order valence-electron chi connectivity index (χ0n) is 8.29. The van der Waals surface area contributed by atoms with Gasteiger partial charge in [0.2, 0.25) is 0 Å². The van der Waals surface area contributed by atoms with Crippen LogP contribution in [0.25, 0.3) is 0 Å². The first-order valence-electron chi connectivity index (χ1n) is 5.28. The molecule has 0 aliphatic carbocycles. The molecule has 0 amide bonds. The van der Waals surface area contributed by atoms with E-state index in [0.717, 1.165) is 38.6 Å². The predicted octanol–water partition coefficient (Wildman–Crippen LogP) is 0.790. The maximum Gasteiger partial charge on any atom is 0.0707 e. The second-order valence-corrected chi connectivity index (χ2v) is 4.19. The van der Waals surface area contributed by atoms with Gasteiger partial charge in [-0.2, -0.15) is 0 Å². The first kappa shape index (κ1) is 9.44. The highest BCUT2D eigenvalue weighted by Gasteiger charge is 2.24. The fourth-order valence-corrected chi connectivity index (χ4v) is 2.15. The minimum absolute atomic E-state index is 0.376. The third kappa shape index (κ3) is 2.66. The Hall–Kier alpha value is -0.120. The number of morpholine rings is 1. The van der Waals surface area contributed by atoms with Crippen molar-refractivity contribution in [3.63, 3.8) is 0 Å². The van der Waals surface area contributed by atoms with Crippen molar-refractivity contribution < 1.29 is 9.47 Å². The van der Waals surface area contributed by atoms with E-state index in [2.05, 4.69) is 12.2 Å². The van der Waals surface area contributed by atoms with Gasteiger partial charge in [-0.3, -0.25) is 0 Å².